The highest BCUT2D eigenvalue weighted by Gasteiger charge is 2.27. The molecule has 0 spiro atoms. The van der Waals surface area contributed by atoms with Crippen molar-refractivity contribution in [2.24, 2.45) is 11.7 Å². The van der Waals surface area contributed by atoms with Gasteiger partial charge in [-0.15, -0.1) is 0 Å². The average Bonchev–Trinajstić information content (AvgIpc) is 2.61. The Labute approximate surface area is 92.7 Å². The first-order chi connectivity index (χ1) is 7.19. The zero-order chi connectivity index (χ0) is 11.3. The van der Waals surface area contributed by atoms with Crippen LogP contribution in [0.25, 0.3) is 0 Å². The lowest BCUT2D eigenvalue weighted by molar-refractivity contribution is 0.0870. The third kappa shape index (κ3) is 3.72. The van der Waals surface area contributed by atoms with E-state index >= 15 is 0 Å². The molecule has 0 aromatic rings. The standard InChI is InChI=1S/C11H24N2O2/c1-4-13(9(2)6-14-3)5-10-7-15-8-11(10)12/h9-11H,4-8,12H2,1-3H3. The number of likely N-dealkylation sites (N-methyl/N-ethyl adjacent to an activating group) is 1. The highest BCUT2D eigenvalue weighted by molar-refractivity contribution is 4.82. The maximum atomic E-state index is 5.97. The number of rotatable bonds is 6. The Kier molecular flexibility index (Phi) is 5.53. The molecule has 4 nitrogen and oxygen atoms in total. The quantitative estimate of drug-likeness (QED) is 0.694. The third-order valence-electron chi connectivity index (χ3n) is 3.15. The second-order valence-electron chi connectivity index (χ2n) is 4.35. The molecule has 0 amide bonds. The van der Waals surface area contributed by atoms with Gasteiger partial charge in [0.1, 0.15) is 0 Å². The molecule has 3 atom stereocenters. The van der Waals surface area contributed by atoms with Gasteiger partial charge in [-0.2, -0.15) is 0 Å². The van der Waals surface area contributed by atoms with Crippen LogP contribution in [-0.4, -0.2) is 57.0 Å². The molecule has 1 fully saturated rings. The summed E-state index contributed by atoms with van der Waals surface area (Å²) in [7, 11) is 1.74. The fourth-order valence-electron chi connectivity index (χ4n) is 2.07. The smallest absolute Gasteiger partial charge is 0.0621 e. The summed E-state index contributed by atoms with van der Waals surface area (Å²) in [6.45, 7) is 8.70. The van der Waals surface area contributed by atoms with E-state index in [0.29, 0.717) is 18.6 Å². The summed E-state index contributed by atoms with van der Waals surface area (Å²) in [5, 5.41) is 0. The highest BCUT2D eigenvalue weighted by Crippen LogP contribution is 2.14. The lowest BCUT2D eigenvalue weighted by Crippen LogP contribution is -2.43. The number of ether oxygens (including phenoxy) is 2. The first-order valence-corrected chi connectivity index (χ1v) is 5.75. The minimum Gasteiger partial charge on any atom is -0.383 e. The topological polar surface area (TPSA) is 47.7 Å². The van der Waals surface area contributed by atoms with Gasteiger partial charge in [-0.3, -0.25) is 4.90 Å². The van der Waals surface area contributed by atoms with Crippen molar-refractivity contribution in [2.45, 2.75) is 25.9 Å². The summed E-state index contributed by atoms with van der Waals surface area (Å²) in [6, 6.07) is 0.654. The minimum absolute atomic E-state index is 0.203. The second kappa shape index (κ2) is 6.43. The van der Waals surface area contributed by atoms with E-state index in [1.165, 1.54) is 0 Å². The SMILES string of the molecule is CCN(CC1COCC1N)C(C)COC. The van der Waals surface area contributed by atoms with E-state index < -0.39 is 0 Å². The van der Waals surface area contributed by atoms with E-state index in [9.17, 15) is 0 Å². The van der Waals surface area contributed by atoms with Gasteiger partial charge in [0.25, 0.3) is 0 Å². The number of hydrogen-bond acceptors (Lipinski definition) is 4. The predicted octanol–water partition coefficient (Wildman–Crippen LogP) is 0.317. The highest BCUT2D eigenvalue weighted by atomic mass is 16.5. The molecule has 0 radical (unpaired) electrons. The molecule has 1 saturated heterocycles. The molecule has 0 saturated carbocycles. The molecular formula is C11H24N2O2. The molecule has 1 heterocycles. The van der Waals surface area contributed by atoms with Gasteiger partial charge >= 0.3 is 0 Å². The molecule has 4 heteroatoms. The molecular weight excluding hydrogens is 192 g/mol. The minimum atomic E-state index is 0.203. The molecule has 3 unspecified atom stereocenters. The van der Waals surface area contributed by atoms with E-state index in [-0.39, 0.29) is 6.04 Å². The van der Waals surface area contributed by atoms with Crippen LogP contribution in [0, 0.1) is 5.92 Å². The molecule has 90 valence electrons. The van der Waals surface area contributed by atoms with Gasteiger partial charge in [0, 0.05) is 31.7 Å². The van der Waals surface area contributed by atoms with E-state index in [4.69, 9.17) is 15.2 Å². The third-order valence-corrected chi connectivity index (χ3v) is 3.15. The lowest BCUT2D eigenvalue weighted by Gasteiger charge is -2.30. The number of methoxy groups -OCH3 is 1. The van der Waals surface area contributed by atoms with Crippen LogP contribution < -0.4 is 5.73 Å². The van der Waals surface area contributed by atoms with Crippen molar-refractivity contribution < 1.29 is 9.47 Å². The van der Waals surface area contributed by atoms with Crippen LogP contribution in [0.2, 0.25) is 0 Å². The summed E-state index contributed by atoms with van der Waals surface area (Å²) >= 11 is 0. The monoisotopic (exact) mass is 216 g/mol. The first-order valence-electron chi connectivity index (χ1n) is 5.75. The summed E-state index contributed by atoms with van der Waals surface area (Å²) in [6.07, 6.45) is 0. The van der Waals surface area contributed by atoms with Crippen LogP contribution in [0.4, 0.5) is 0 Å². The summed E-state index contributed by atoms with van der Waals surface area (Å²) < 4.78 is 10.5. The Hall–Kier alpha value is -0.160. The van der Waals surface area contributed by atoms with Crippen molar-refractivity contribution in [3.05, 3.63) is 0 Å². The van der Waals surface area contributed by atoms with E-state index in [0.717, 1.165) is 26.3 Å². The van der Waals surface area contributed by atoms with Gasteiger partial charge in [0.15, 0.2) is 0 Å². The van der Waals surface area contributed by atoms with Crippen molar-refractivity contribution in [3.63, 3.8) is 0 Å². The van der Waals surface area contributed by atoms with Crippen molar-refractivity contribution in [2.75, 3.05) is 40.0 Å². The molecule has 1 rings (SSSR count). The molecule has 1 aliphatic heterocycles. The van der Waals surface area contributed by atoms with Crippen LogP contribution in [0.3, 0.4) is 0 Å². The normalized spacial score (nSPS) is 28.6. The molecule has 0 aromatic carbocycles. The Morgan fingerprint density at radius 1 is 1.53 bits per heavy atom. The molecule has 0 aliphatic carbocycles. The molecule has 1 aliphatic rings. The van der Waals surface area contributed by atoms with Gasteiger partial charge in [-0.1, -0.05) is 6.92 Å². The number of nitrogens with zero attached hydrogens (tertiary/aromatic N) is 1. The molecule has 0 bridgehead atoms. The van der Waals surface area contributed by atoms with Crippen molar-refractivity contribution in [1.29, 1.82) is 0 Å². The van der Waals surface area contributed by atoms with Crippen LogP contribution in [-0.2, 0) is 9.47 Å². The first kappa shape index (κ1) is 12.9. The largest absolute Gasteiger partial charge is 0.383 e. The maximum Gasteiger partial charge on any atom is 0.0621 e. The van der Waals surface area contributed by atoms with Gasteiger partial charge in [-0.25, -0.2) is 0 Å². The zero-order valence-corrected chi connectivity index (χ0v) is 10.1. The Morgan fingerprint density at radius 3 is 2.73 bits per heavy atom. The molecule has 15 heavy (non-hydrogen) atoms. The van der Waals surface area contributed by atoms with Gasteiger partial charge < -0.3 is 15.2 Å². The number of hydrogen-bond donors (Lipinski definition) is 1. The zero-order valence-electron chi connectivity index (χ0n) is 10.1. The van der Waals surface area contributed by atoms with Crippen LogP contribution in [0.15, 0.2) is 0 Å². The van der Waals surface area contributed by atoms with E-state index in [1.807, 2.05) is 0 Å². The summed E-state index contributed by atoms with van der Waals surface area (Å²) in [5.74, 6) is 0.476. The van der Waals surface area contributed by atoms with Crippen LogP contribution >= 0.6 is 0 Å². The Morgan fingerprint density at radius 2 is 2.27 bits per heavy atom. The van der Waals surface area contributed by atoms with E-state index in [2.05, 4.69) is 18.7 Å². The van der Waals surface area contributed by atoms with Crippen LogP contribution in [0.5, 0.6) is 0 Å². The van der Waals surface area contributed by atoms with E-state index in [1.54, 1.807) is 7.11 Å². The maximum absolute atomic E-state index is 5.97. The Balaban J connectivity index is 2.38. The number of nitrogens with two attached hydrogens (primary N) is 1. The van der Waals surface area contributed by atoms with Gasteiger partial charge in [0.05, 0.1) is 19.8 Å². The molecule has 0 aromatic heterocycles. The lowest BCUT2D eigenvalue weighted by atomic mass is 10.0. The van der Waals surface area contributed by atoms with Crippen LogP contribution in [0.1, 0.15) is 13.8 Å². The van der Waals surface area contributed by atoms with Crippen molar-refractivity contribution in [1.82, 2.24) is 4.90 Å². The predicted molar refractivity (Wildman–Crippen MR) is 60.9 cm³/mol. The fourth-order valence-corrected chi connectivity index (χ4v) is 2.07. The Bertz CT molecular complexity index is 178. The van der Waals surface area contributed by atoms with Crippen molar-refractivity contribution in [3.8, 4) is 0 Å². The fraction of sp³-hybridized carbons (Fsp3) is 1.00. The summed E-state index contributed by atoms with van der Waals surface area (Å²) in [4.78, 5) is 2.41. The second-order valence-corrected chi connectivity index (χ2v) is 4.35. The van der Waals surface area contributed by atoms with Gasteiger partial charge in [-0.05, 0) is 13.5 Å². The average molecular weight is 216 g/mol. The van der Waals surface area contributed by atoms with Gasteiger partial charge in [0.2, 0.25) is 0 Å². The summed E-state index contributed by atoms with van der Waals surface area (Å²) in [5.41, 5.74) is 5.97. The molecule has 2 N–H and O–H groups in total. The van der Waals surface area contributed by atoms with Crippen molar-refractivity contribution >= 4 is 0 Å².